The molecular formula is C27H23N5O3. The third kappa shape index (κ3) is 4.91. The summed E-state index contributed by atoms with van der Waals surface area (Å²) in [5, 5.41) is 15.6. The Morgan fingerprint density at radius 2 is 1.80 bits per heavy atom. The predicted molar refractivity (Wildman–Crippen MR) is 135 cm³/mol. The molecule has 0 radical (unpaired) electrons. The van der Waals surface area contributed by atoms with Crippen LogP contribution in [-0.4, -0.2) is 31.9 Å². The van der Waals surface area contributed by atoms with Gasteiger partial charge in [-0.05, 0) is 66.6 Å². The molecule has 0 saturated heterocycles. The molecule has 0 unspecified atom stereocenters. The van der Waals surface area contributed by atoms with Gasteiger partial charge in [0, 0.05) is 48.0 Å². The number of phenols is 1. The number of hydrogen-bond donors (Lipinski definition) is 4. The van der Waals surface area contributed by atoms with Gasteiger partial charge in [0.05, 0.1) is 11.4 Å². The van der Waals surface area contributed by atoms with Crippen molar-refractivity contribution in [3.8, 4) is 17.0 Å². The van der Waals surface area contributed by atoms with Crippen molar-refractivity contribution >= 4 is 22.9 Å². The van der Waals surface area contributed by atoms with Crippen LogP contribution in [0.2, 0.25) is 0 Å². The highest BCUT2D eigenvalue weighted by atomic mass is 16.3. The van der Waals surface area contributed by atoms with Crippen LogP contribution < -0.4 is 16.2 Å². The number of imidazole rings is 1. The Labute approximate surface area is 200 Å². The molecule has 3 heterocycles. The van der Waals surface area contributed by atoms with Gasteiger partial charge in [0.25, 0.3) is 5.91 Å². The maximum Gasteiger partial charge on any atom is 0.251 e. The Kier molecular flexibility index (Phi) is 6.00. The molecule has 0 atom stereocenters. The lowest BCUT2D eigenvalue weighted by molar-refractivity contribution is 0.0954. The zero-order valence-corrected chi connectivity index (χ0v) is 18.7. The van der Waals surface area contributed by atoms with Gasteiger partial charge in [0.15, 0.2) is 5.65 Å². The van der Waals surface area contributed by atoms with Gasteiger partial charge in [-0.2, -0.15) is 0 Å². The lowest BCUT2D eigenvalue weighted by Crippen LogP contribution is -2.25. The lowest BCUT2D eigenvalue weighted by Gasteiger charge is -2.12. The molecule has 1 amide bonds. The molecule has 0 fully saturated rings. The van der Waals surface area contributed by atoms with Crippen molar-refractivity contribution < 1.29 is 9.90 Å². The molecule has 0 aliphatic heterocycles. The molecule has 5 aromatic rings. The number of carbonyl (C=O) groups is 1. The molecular weight excluding hydrogens is 442 g/mol. The number of nitrogens with one attached hydrogen (secondary N) is 3. The number of phenolic OH excluding ortho intramolecular Hbond substituents is 1. The van der Waals surface area contributed by atoms with Crippen molar-refractivity contribution in [1.82, 2.24) is 19.7 Å². The first kappa shape index (κ1) is 22.0. The molecule has 35 heavy (non-hydrogen) atoms. The van der Waals surface area contributed by atoms with E-state index in [2.05, 4.69) is 20.6 Å². The van der Waals surface area contributed by atoms with Crippen molar-refractivity contribution in [2.24, 2.45) is 0 Å². The van der Waals surface area contributed by atoms with E-state index < -0.39 is 0 Å². The molecule has 5 rings (SSSR count). The Hall–Kier alpha value is -4.85. The number of anilines is 2. The summed E-state index contributed by atoms with van der Waals surface area (Å²) >= 11 is 0. The van der Waals surface area contributed by atoms with Crippen LogP contribution in [0.5, 0.6) is 5.75 Å². The van der Waals surface area contributed by atoms with Crippen molar-refractivity contribution in [2.45, 2.75) is 6.42 Å². The molecule has 0 saturated carbocycles. The van der Waals surface area contributed by atoms with E-state index in [0.29, 0.717) is 18.5 Å². The number of amides is 1. The number of aromatic amines is 1. The summed E-state index contributed by atoms with van der Waals surface area (Å²) in [5.41, 5.74) is 5.43. The highest BCUT2D eigenvalue weighted by molar-refractivity contribution is 5.94. The molecule has 8 nitrogen and oxygen atoms in total. The van der Waals surface area contributed by atoms with Gasteiger partial charge in [-0.25, -0.2) is 4.98 Å². The van der Waals surface area contributed by atoms with Gasteiger partial charge in [-0.15, -0.1) is 0 Å². The zero-order chi connectivity index (χ0) is 24.2. The quantitative estimate of drug-likeness (QED) is 0.289. The van der Waals surface area contributed by atoms with Crippen LogP contribution in [0, 0.1) is 0 Å². The second-order valence-corrected chi connectivity index (χ2v) is 8.07. The highest BCUT2D eigenvalue weighted by Gasteiger charge is 2.10. The smallest absolute Gasteiger partial charge is 0.251 e. The van der Waals surface area contributed by atoms with Gasteiger partial charge in [0.2, 0.25) is 5.56 Å². The first-order valence-corrected chi connectivity index (χ1v) is 11.2. The number of H-pyrrole nitrogens is 1. The second kappa shape index (κ2) is 9.56. The van der Waals surface area contributed by atoms with Gasteiger partial charge in [-0.3, -0.25) is 14.0 Å². The van der Waals surface area contributed by atoms with Gasteiger partial charge in [0.1, 0.15) is 5.75 Å². The average Bonchev–Trinajstić information content (AvgIpc) is 3.36. The number of aromatic hydroxyl groups is 1. The highest BCUT2D eigenvalue weighted by Crippen LogP contribution is 2.27. The fourth-order valence-corrected chi connectivity index (χ4v) is 3.90. The molecule has 4 N–H and O–H groups in total. The number of aromatic nitrogens is 3. The molecule has 174 valence electrons. The topological polar surface area (TPSA) is 112 Å². The predicted octanol–water partition coefficient (Wildman–Crippen LogP) is 4.11. The van der Waals surface area contributed by atoms with E-state index in [4.69, 9.17) is 0 Å². The normalized spacial score (nSPS) is 10.9. The molecule has 0 spiro atoms. The number of rotatable bonds is 7. The largest absolute Gasteiger partial charge is 0.508 e. The van der Waals surface area contributed by atoms with Crippen molar-refractivity contribution in [1.29, 1.82) is 0 Å². The SMILES string of the molecule is O=C(NCCc1ccc(O)cc1)c1ccc(Nc2ccc(-c3cc[nH]c(=O)c3)n3ccnc23)cc1. The van der Waals surface area contributed by atoms with Crippen LogP contribution in [0.15, 0.2) is 96.2 Å². The maximum absolute atomic E-state index is 12.5. The summed E-state index contributed by atoms with van der Waals surface area (Å²) in [6, 6.07) is 21.4. The number of benzene rings is 2. The molecule has 2 aromatic carbocycles. The summed E-state index contributed by atoms with van der Waals surface area (Å²) in [7, 11) is 0. The van der Waals surface area contributed by atoms with Crippen LogP contribution in [0.25, 0.3) is 16.9 Å². The summed E-state index contributed by atoms with van der Waals surface area (Å²) < 4.78 is 1.92. The van der Waals surface area contributed by atoms with Crippen molar-refractivity contribution in [2.75, 3.05) is 11.9 Å². The van der Waals surface area contributed by atoms with Crippen LogP contribution in [-0.2, 0) is 6.42 Å². The Bertz CT molecular complexity index is 1540. The molecule has 8 heteroatoms. The molecule has 3 aromatic heterocycles. The minimum absolute atomic E-state index is 0.145. The fourth-order valence-electron chi connectivity index (χ4n) is 3.90. The van der Waals surface area contributed by atoms with Crippen molar-refractivity contribution in [3.05, 3.63) is 113 Å². The summed E-state index contributed by atoms with van der Waals surface area (Å²) in [5.74, 6) is 0.0805. The van der Waals surface area contributed by atoms with Gasteiger partial charge in [-0.1, -0.05) is 12.1 Å². The summed E-state index contributed by atoms with van der Waals surface area (Å²) in [6.07, 6.45) is 5.86. The zero-order valence-electron chi connectivity index (χ0n) is 18.7. The molecule has 0 aliphatic carbocycles. The number of pyridine rings is 2. The van der Waals surface area contributed by atoms with E-state index in [-0.39, 0.29) is 17.2 Å². The van der Waals surface area contributed by atoms with Crippen LogP contribution in [0.4, 0.5) is 11.4 Å². The molecule has 0 bridgehead atoms. The summed E-state index contributed by atoms with van der Waals surface area (Å²) in [6.45, 7) is 0.501. The van der Waals surface area contributed by atoms with Crippen LogP contribution >= 0.6 is 0 Å². The van der Waals surface area contributed by atoms with E-state index in [9.17, 15) is 14.7 Å². The Morgan fingerprint density at radius 1 is 1.00 bits per heavy atom. The third-order valence-corrected chi connectivity index (χ3v) is 5.68. The maximum atomic E-state index is 12.5. The lowest BCUT2D eigenvalue weighted by atomic mass is 10.1. The van der Waals surface area contributed by atoms with Crippen molar-refractivity contribution in [3.63, 3.8) is 0 Å². The van der Waals surface area contributed by atoms with E-state index in [0.717, 1.165) is 33.8 Å². The number of fused-ring (bicyclic) bond motifs is 1. The monoisotopic (exact) mass is 465 g/mol. The minimum Gasteiger partial charge on any atom is -0.508 e. The van der Waals surface area contributed by atoms with Gasteiger partial charge >= 0.3 is 0 Å². The Morgan fingerprint density at radius 3 is 2.57 bits per heavy atom. The minimum atomic E-state index is -0.164. The average molecular weight is 466 g/mol. The first-order valence-electron chi connectivity index (χ1n) is 11.2. The fraction of sp³-hybridized carbons (Fsp3) is 0.0741. The number of hydrogen-bond acceptors (Lipinski definition) is 5. The van der Waals surface area contributed by atoms with Crippen LogP contribution in [0.1, 0.15) is 15.9 Å². The van der Waals surface area contributed by atoms with E-state index >= 15 is 0 Å². The summed E-state index contributed by atoms with van der Waals surface area (Å²) in [4.78, 5) is 31.3. The van der Waals surface area contributed by atoms with E-state index in [1.54, 1.807) is 42.7 Å². The standard InChI is InChI=1S/C27H23N5O3/c33-22-7-1-18(2-8-22)11-13-30-27(35)19-3-5-21(6-4-19)31-23-9-10-24(32-16-15-29-26(23)32)20-12-14-28-25(34)17-20/h1-10,12,14-17,31,33H,11,13H2,(H,28,34)(H,30,35). The molecule has 0 aliphatic rings. The van der Waals surface area contributed by atoms with E-state index in [1.807, 2.05) is 53.1 Å². The second-order valence-electron chi connectivity index (χ2n) is 8.07. The third-order valence-electron chi connectivity index (χ3n) is 5.68. The number of nitrogens with zero attached hydrogens (tertiary/aromatic N) is 2. The Balaban J connectivity index is 1.26. The van der Waals surface area contributed by atoms with E-state index in [1.165, 1.54) is 0 Å². The first-order chi connectivity index (χ1) is 17.1. The van der Waals surface area contributed by atoms with Gasteiger partial charge < -0.3 is 20.7 Å². The van der Waals surface area contributed by atoms with Crippen LogP contribution in [0.3, 0.4) is 0 Å². The number of carbonyl (C=O) groups excluding carboxylic acids is 1.